The second-order valence-electron chi connectivity index (χ2n) is 14.0. The molecule has 0 fully saturated rings. The molecule has 0 unspecified atom stereocenters. The van der Waals surface area contributed by atoms with E-state index >= 15 is 0 Å². The predicted octanol–water partition coefficient (Wildman–Crippen LogP) is 13.9. The number of aryl methyl sites for hydroxylation is 1. The Labute approximate surface area is 305 Å². The fourth-order valence-corrected chi connectivity index (χ4v) is 8.51. The third-order valence-electron chi connectivity index (χ3n) is 10.9. The van der Waals surface area contributed by atoms with Crippen molar-refractivity contribution in [2.24, 2.45) is 0 Å². The molecule has 246 valence electrons. The zero-order valence-corrected chi connectivity index (χ0v) is 29.0. The van der Waals surface area contributed by atoms with E-state index in [-0.39, 0.29) is 0 Å². The minimum atomic E-state index is 1.02. The Morgan fingerprint density at radius 1 is 0.365 bits per heavy atom. The smallest absolute Gasteiger partial charge is 0.0443 e. The van der Waals surface area contributed by atoms with Gasteiger partial charge in [-0.25, -0.2) is 0 Å². The number of benzene rings is 9. The number of hydrogen-bond acceptors (Lipinski definition) is 1. The molecule has 52 heavy (non-hydrogen) atoms. The molecule has 9 aromatic rings. The molecular formula is C51H37N. The summed E-state index contributed by atoms with van der Waals surface area (Å²) in [7, 11) is 0. The highest BCUT2D eigenvalue weighted by molar-refractivity contribution is 6.23. The van der Waals surface area contributed by atoms with Gasteiger partial charge in [0.2, 0.25) is 0 Å². The van der Waals surface area contributed by atoms with Crippen LogP contribution in [0.1, 0.15) is 12.0 Å². The Morgan fingerprint density at radius 3 is 1.54 bits per heavy atom. The number of fused-ring (bicyclic) bond motifs is 5. The van der Waals surface area contributed by atoms with Gasteiger partial charge in [-0.2, -0.15) is 0 Å². The van der Waals surface area contributed by atoms with Crippen LogP contribution in [0.4, 0.5) is 11.4 Å². The van der Waals surface area contributed by atoms with Crippen molar-refractivity contribution >= 4 is 43.7 Å². The molecule has 0 aliphatic carbocycles. The van der Waals surface area contributed by atoms with Gasteiger partial charge < -0.3 is 4.90 Å². The first kappa shape index (κ1) is 30.4. The molecule has 10 rings (SSSR count). The minimum Gasteiger partial charge on any atom is -0.341 e. The maximum Gasteiger partial charge on any atom is 0.0443 e. The molecular weight excluding hydrogens is 627 g/mol. The van der Waals surface area contributed by atoms with E-state index in [1.807, 2.05) is 0 Å². The zero-order valence-electron chi connectivity index (χ0n) is 29.0. The van der Waals surface area contributed by atoms with Gasteiger partial charge in [-0.15, -0.1) is 0 Å². The van der Waals surface area contributed by atoms with Gasteiger partial charge in [0, 0.05) is 17.9 Å². The second kappa shape index (κ2) is 12.7. The normalized spacial score (nSPS) is 12.7. The first-order valence-corrected chi connectivity index (χ1v) is 18.4. The molecule has 9 aromatic carbocycles. The number of hydrogen-bond donors (Lipinski definition) is 0. The van der Waals surface area contributed by atoms with Gasteiger partial charge in [0.15, 0.2) is 0 Å². The summed E-state index contributed by atoms with van der Waals surface area (Å²) in [4.78, 5) is 2.52. The topological polar surface area (TPSA) is 3.24 Å². The standard InChI is InChI=1S/C51H37N/c1-4-15-35(16-5-1)45-31-39-22-10-11-23-40(39)32-46(45)41-26-28-43-44-29-27-42(52-30-14-24-36-17-12-13-25-49(36)52)34-48(44)51(38-20-8-3-9-21-38)50(47(43)33-41)37-18-6-2-7-19-37/h1-13,15-23,25-29,31-34H,14,24,30H2. The molecule has 1 nitrogen and oxygen atoms in total. The largest absolute Gasteiger partial charge is 0.341 e. The van der Waals surface area contributed by atoms with Crippen LogP contribution in [0.2, 0.25) is 0 Å². The van der Waals surface area contributed by atoms with E-state index in [1.54, 1.807) is 0 Å². The molecule has 0 atom stereocenters. The molecule has 0 aromatic heterocycles. The van der Waals surface area contributed by atoms with E-state index in [9.17, 15) is 0 Å². The fraction of sp³-hybridized carbons (Fsp3) is 0.0588. The van der Waals surface area contributed by atoms with Crippen molar-refractivity contribution in [1.29, 1.82) is 0 Å². The maximum absolute atomic E-state index is 2.52. The average molecular weight is 664 g/mol. The fourth-order valence-electron chi connectivity index (χ4n) is 8.51. The Morgan fingerprint density at radius 2 is 0.885 bits per heavy atom. The van der Waals surface area contributed by atoms with Gasteiger partial charge in [-0.1, -0.05) is 152 Å². The number of nitrogens with zero attached hydrogens (tertiary/aromatic N) is 1. The van der Waals surface area contributed by atoms with E-state index in [1.165, 1.54) is 93.8 Å². The number of anilines is 2. The van der Waals surface area contributed by atoms with Gasteiger partial charge in [0.05, 0.1) is 0 Å². The third-order valence-corrected chi connectivity index (χ3v) is 10.9. The molecule has 0 amide bonds. The lowest BCUT2D eigenvalue weighted by Crippen LogP contribution is -2.24. The lowest BCUT2D eigenvalue weighted by molar-refractivity contribution is 0.767. The van der Waals surface area contributed by atoms with Crippen molar-refractivity contribution in [2.75, 3.05) is 11.4 Å². The second-order valence-corrected chi connectivity index (χ2v) is 14.0. The van der Waals surface area contributed by atoms with Crippen LogP contribution in [0, 0.1) is 0 Å². The Bertz CT molecular complexity index is 2750. The molecule has 0 radical (unpaired) electrons. The molecule has 1 heterocycles. The van der Waals surface area contributed by atoms with Crippen LogP contribution >= 0.6 is 0 Å². The summed E-state index contributed by atoms with van der Waals surface area (Å²) in [6.07, 6.45) is 2.28. The summed E-state index contributed by atoms with van der Waals surface area (Å²) in [5.74, 6) is 0. The van der Waals surface area contributed by atoms with Crippen LogP contribution in [0.3, 0.4) is 0 Å². The molecule has 1 aliphatic heterocycles. The highest BCUT2D eigenvalue weighted by Crippen LogP contribution is 2.48. The summed E-state index contributed by atoms with van der Waals surface area (Å²) >= 11 is 0. The highest BCUT2D eigenvalue weighted by Gasteiger charge is 2.22. The predicted molar refractivity (Wildman–Crippen MR) is 222 cm³/mol. The van der Waals surface area contributed by atoms with Crippen LogP contribution in [0.25, 0.3) is 76.8 Å². The lowest BCUT2D eigenvalue weighted by Gasteiger charge is -2.32. The van der Waals surface area contributed by atoms with Crippen molar-refractivity contribution in [3.05, 3.63) is 194 Å². The van der Waals surface area contributed by atoms with Gasteiger partial charge in [-0.3, -0.25) is 0 Å². The molecule has 0 spiro atoms. The quantitative estimate of drug-likeness (QED) is 0.166. The minimum absolute atomic E-state index is 1.02. The summed E-state index contributed by atoms with van der Waals surface area (Å²) in [5.41, 5.74) is 13.9. The Balaban J connectivity index is 1.29. The molecule has 0 saturated heterocycles. The van der Waals surface area contributed by atoms with Crippen LogP contribution < -0.4 is 4.90 Å². The van der Waals surface area contributed by atoms with Gasteiger partial charge in [0.25, 0.3) is 0 Å². The summed E-state index contributed by atoms with van der Waals surface area (Å²) in [6, 6.07) is 69.5. The Hall–Kier alpha value is -6.44. The number of para-hydroxylation sites is 1. The van der Waals surface area contributed by atoms with Gasteiger partial charge in [-0.05, 0) is 132 Å². The van der Waals surface area contributed by atoms with Crippen LogP contribution in [-0.2, 0) is 6.42 Å². The van der Waals surface area contributed by atoms with Gasteiger partial charge in [0.1, 0.15) is 0 Å². The van der Waals surface area contributed by atoms with E-state index in [2.05, 4.69) is 193 Å². The van der Waals surface area contributed by atoms with E-state index in [4.69, 9.17) is 0 Å². The lowest BCUT2D eigenvalue weighted by atomic mass is 9.83. The molecule has 0 bridgehead atoms. The van der Waals surface area contributed by atoms with Crippen molar-refractivity contribution in [2.45, 2.75) is 12.8 Å². The van der Waals surface area contributed by atoms with Crippen molar-refractivity contribution in [3.8, 4) is 44.5 Å². The summed E-state index contributed by atoms with van der Waals surface area (Å²) in [5, 5.41) is 7.58. The van der Waals surface area contributed by atoms with Crippen LogP contribution in [0.15, 0.2) is 188 Å². The molecule has 1 aliphatic rings. The van der Waals surface area contributed by atoms with Crippen molar-refractivity contribution in [1.82, 2.24) is 0 Å². The zero-order chi connectivity index (χ0) is 34.4. The average Bonchev–Trinajstić information content (AvgIpc) is 3.23. The van der Waals surface area contributed by atoms with Gasteiger partial charge >= 0.3 is 0 Å². The summed E-state index contributed by atoms with van der Waals surface area (Å²) in [6.45, 7) is 1.02. The van der Waals surface area contributed by atoms with E-state index in [0.29, 0.717) is 0 Å². The van der Waals surface area contributed by atoms with Crippen molar-refractivity contribution < 1.29 is 0 Å². The highest BCUT2D eigenvalue weighted by atomic mass is 15.1. The Kier molecular flexibility index (Phi) is 7.43. The molecule has 0 N–H and O–H groups in total. The monoisotopic (exact) mass is 663 g/mol. The first-order valence-electron chi connectivity index (χ1n) is 18.4. The van der Waals surface area contributed by atoms with Crippen molar-refractivity contribution in [3.63, 3.8) is 0 Å². The molecule has 1 heteroatoms. The molecule has 0 saturated carbocycles. The maximum atomic E-state index is 2.52. The van der Waals surface area contributed by atoms with Crippen LogP contribution in [-0.4, -0.2) is 6.54 Å². The first-order chi connectivity index (χ1) is 25.8. The SMILES string of the molecule is c1ccc(-c2cc3ccccc3cc2-c2ccc3c(c2)c(-c2ccccc2)c(-c2ccccc2)c2cc(N4CCCc5ccccc54)ccc23)cc1. The van der Waals surface area contributed by atoms with E-state index in [0.717, 1.165) is 19.4 Å². The number of rotatable bonds is 5. The van der Waals surface area contributed by atoms with Crippen LogP contribution in [0.5, 0.6) is 0 Å². The van der Waals surface area contributed by atoms with E-state index < -0.39 is 0 Å². The third kappa shape index (κ3) is 5.17. The summed E-state index contributed by atoms with van der Waals surface area (Å²) < 4.78 is 0.